The van der Waals surface area contributed by atoms with Crippen molar-refractivity contribution >= 4 is 11.9 Å². The number of hydrogen-bond acceptors (Lipinski definition) is 8. The lowest BCUT2D eigenvalue weighted by Crippen LogP contribution is -2.79. The molecule has 0 aromatic heterocycles. The first-order chi connectivity index (χ1) is 13.1. The Kier molecular flexibility index (Phi) is 4.74. The molecule has 5 aliphatic rings. The zero-order valence-electron chi connectivity index (χ0n) is 16.5. The lowest BCUT2D eigenvalue weighted by atomic mass is 9.54. The standard InChI is InChI=1S/C19H29NO8/c1-10-4-5-12-11(2)15(24-14(23)7-6-13(21)22)25-16-19(12)18(10,20)9-8-17(3,26-16)27-28-19/h10-12,15-16H,4-9,20H2,1-3H3,(H,21,22)/t10-,11-,12+,15-,16-,17?,18-,19-/m1/s1. The molecule has 8 atom stereocenters. The van der Waals surface area contributed by atoms with Crippen LogP contribution in [0.3, 0.4) is 0 Å². The quantitative estimate of drug-likeness (QED) is 0.536. The lowest BCUT2D eigenvalue weighted by molar-refractivity contribution is -0.577. The molecule has 4 heterocycles. The minimum atomic E-state index is -1.05. The number of carboxylic acids is 1. The molecule has 4 aliphatic heterocycles. The molecule has 0 radical (unpaired) electrons. The molecule has 5 rings (SSSR count). The molecule has 2 bridgehead atoms. The highest BCUT2D eigenvalue weighted by Gasteiger charge is 2.74. The Balaban J connectivity index is 1.63. The van der Waals surface area contributed by atoms with Gasteiger partial charge in [-0.05, 0) is 32.1 Å². The number of esters is 1. The van der Waals surface area contributed by atoms with Gasteiger partial charge in [0, 0.05) is 18.3 Å². The third-order valence-corrected chi connectivity index (χ3v) is 7.24. The second kappa shape index (κ2) is 6.63. The molecule has 1 unspecified atom stereocenters. The van der Waals surface area contributed by atoms with E-state index in [1.54, 1.807) is 6.92 Å². The molecular weight excluding hydrogens is 370 g/mol. The number of rotatable bonds is 4. The van der Waals surface area contributed by atoms with Gasteiger partial charge >= 0.3 is 11.9 Å². The van der Waals surface area contributed by atoms with Gasteiger partial charge in [0.2, 0.25) is 12.1 Å². The van der Waals surface area contributed by atoms with Crippen LogP contribution in [-0.4, -0.2) is 46.6 Å². The Bertz CT molecular complexity index is 672. The fourth-order valence-corrected chi connectivity index (χ4v) is 5.42. The molecule has 0 aromatic rings. The van der Waals surface area contributed by atoms with Gasteiger partial charge in [-0.1, -0.05) is 13.8 Å². The van der Waals surface area contributed by atoms with E-state index in [2.05, 4.69) is 6.92 Å². The number of hydrogen-bond donors (Lipinski definition) is 2. The molecule has 9 nitrogen and oxygen atoms in total. The maximum atomic E-state index is 12.1. The maximum Gasteiger partial charge on any atom is 0.308 e. The molecule has 9 heteroatoms. The first-order valence-electron chi connectivity index (χ1n) is 10.0. The molecular formula is C19H29NO8. The summed E-state index contributed by atoms with van der Waals surface area (Å²) in [5, 5.41) is 8.77. The first-order valence-corrected chi connectivity index (χ1v) is 10.0. The van der Waals surface area contributed by atoms with Crippen LogP contribution in [0.1, 0.15) is 59.3 Å². The molecule has 5 fully saturated rings. The van der Waals surface area contributed by atoms with Gasteiger partial charge in [-0.15, -0.1) is 0 Å². The number of ether oxygens (including phenoxy) is 3. The van der Waals surface area contributed by atoms with Crippen molar-refractivity contribution in [2.45, 2.75) is 88.8 Å². The van der Waals surface area contributed by atoms with E-state index in [4.69, 9.17) is 34.8 Å². The van der Waals surface area contributed by atoms with E-state index in [9.17, 15) is 9.59 Å². The summed E-state index contributed by atoms with van der Waals surface area (Å²) in [5.74, 6) is -2.76. The lowest BCUT2D eigenvalue weighted by Gasteiger charge is -2.63. The Hall–Kier alpha value is -1.26. The summed E-state index contributed by atoms with van der Waals surface area (Å²) in [4.78, 5) is 34.5. The summed E-state index contributed by atoms with van der Waals surface area (Å²) >= 11 is 0. The second-order valence-electron chi connectivity index (χ2n) is 8.92. The molecule has 1 aliphatic carbocycles. The zero-order chi connectivity index (χ0) is 20.3. The summed E-state index contributed by atoms with van der Waals surface area (Å²) in [7, 11) is 0. The Morgan fingerprint density at radius 1 is 1.18 bits per heavy atom. The average molecular weight is 399 g/mol. The van der Waals surface area contributed by atoms with Crippen LogP contribution in [-0.2, 0) is 33.6 Å². The van der Waals surface area contributed by atoms with Gasteiger partial charge in [-0.3, -0.25) is 9.59 Å². The van der Waals surface area contributed by atoms with Crippen LogP contribution in [0.5, 0.6) is 0 Å². The third kappa shape index (κ3) is 2.79. The van der Waals surface area contributed by atoms with Crippen LogP contribution in [0.15, 0.2) is 0 Å². The number of carboxylic acid groups (broad SMARTS) is 1. The van der Waals surface area contributed by atoms with Crippen molar-refractivity contribution in [2.75, 3.05) is 0 Å². The fourth-order valence-electron chi connectivity index (χ4n) is 5.42. The molecule has 28 heavy (non-hydrogen) atoms. The third-order valence-electron chi connectivity index (χ3n) is 7.24. The summed E-state index contributed by atoms with van der Waals surface area (Å²) in [6.45, 7) is 5.84. The van der Waals surface area contributed by atoms with E-state index in [-0.39, 0.29) is 30.6 Å². The molecule has 0 aromatic carbocycles. The van der Waals surface area contributed by atoms with Gasteiger partial charge < -0.3 is 25.1 Å². The number of aliphatic carboxylic acids is 1. The van der Waals surface area contributed by atoms with Crippen LogP contribution < -0.4 is 5.73 Å². The van der Waals surface area contributed by atoms with Gasteiger partial charge in [-0.25, -0.2) is 9.78 Å². The zero-order valence-corrected chi connectivity index (χ0v) is 16.5. The van der Waals surface area contributed by atoms with Crippen LogP contribution in [0.25, 0.3) is 0 Å². The minimum Gasteiger partial charge on any atom is -0.481 e. The highest BCUT2D eigenvalue weighted by atomic mass is 17.3. The monoisotopic (exact) mass is 399 g/mol. The van der Waals surface area contributed by atoms with Crippen LogP contribution in [0.2, 0.25) is 0 Å². The van der Waals surface area contributed by atoms with E-state index >= 15 is 0 Å². The van der Waals surface area contributed by atoms with Gasteiger partial charge in [0.15, 0.2) is 11.9 Å². The number of carbonyl (C=O) groups is 2. The van der Waals surface area contributed by atoms with Crippen molar-refractivity contribution in [3.63, 3.8) is 0 Å². The topological polar surface area (TPSA) is 127 Å². The Labute approximate surface area is 163 Å². The highest BCUT2D eigenvalue weighted by Crippen LogP contribution is 2.61. The van der Waals surface area contributed by atoms with Crippen molar-refractivity contribution in [2.24, 2.45) is 23.5 Å². The Morgan fingerprint density at radius 2 is 1.93 bits per heavy atom. The minimum absolute atomic E-state index is 0.0904. The molecule has 1 spiro atoms. The molecule has 158 valence electrons. The van der Waals surface area contributed by atoms with Crippen molar-refractivity contribution in [1.29, 1.82) is 0 Å². The molecule has 4 saturated heterocycles. The molecule has 0 amide bonds. The van der Waals surface area contributed by atoms with Gasteiger partial charge in [0.1, 0.15) is 0 Å². The summed E-state index contributed by atoms with van der Waals surface area (Å²) in [5.41, 5.74) is 5.31. The van der Waals surface area contributed by atoms with E-state index in [1.165, 1.54) is 0 Å². The van der Waals surface area contributed by atoms with Crippen molar-refractivity contribution < 1.29 is 38.7 Å². The number of nitrogens with two attached hydrogens (primary N) is 1. The van der Waals surface area contributed by atoms with Crippen molar-refractivity contribution in [3.05, 3.63) is 0 Å². The number of fused-ring (bicyclic) bond motifs is 2. The Morgan fingerprint density at radius 3 is 2.64 bits per heavy atom. The fraction of sp³-hybridized carbons (Fsp3) is 0.895. The predicted octanol–water partition coefficient (Wildman–Crippen LogP) is 1.68. The van der Waals surface area contributed by atoms with E-state index in [0.717, 1.165) is 12.8 Å². The average Bonchev–Trinajstić information content (AvgIpc) is 2.81. The van der Waals surface area contributed by atoms with Crippen LogP contribution in [0, 0.1) is 17.8 Å². The van der Waals surface area contributed by atoms with E-state index in [0.29, 0.717) is 12.8 Å². The normalized spacial score (nSPS) is 49.8. The highest BCUT2D eigenvalue weighted by molar-refractivity contribution is 5.76. The smallest absolute Gasteiger partial charge is 0.308 e. The number of carbonyl (C=O) groups excluding carboxylic acids is 1. The maximum absolute atomic E-state index is 12.1. The summed E-state index contributed by atoms with van der Waals surface area (Å²) in [6.07, 6.45) is 0.791. The molecule has 3 N–H and O–H groups in total. The van der Waals surface area contributed by atoms with Gasteiger partial charge in [-0.2, -0.15) is 0 Å². The van der Waals surface area contributed by atoms with Gasteiger partial charge in [0.05, 0.1) is 18.4 Å². The van der Waals surface area contributed by atoms with Crippen LogP contribution >= 0.6 is 0 Å². The van der Waals surface area contributed by atoms with E-state index in [1.807, 2.05) is 6.92 Å². The largest absolute Gasteiger partial charge is 0.481 e. The van der Waals surface area contributed by atoms with E-state index < -0.39 is 41.4 Å². The van der Waals surface area contributed by atoms with Gasteiger partial charge in [0.25, 0.3) is 0 Å². The first kappa shape index (κ1) is 20.0. The summed E-state index contributed by atoms with van der Waals surface area (Å²) in [6, 6.07) is 0. The second-order valence-corrected chi connectivity index (χ2v) is 8.92. The van der Waals surface area contributed by atoms with Crippen LogP contribution in [0.4, 0.5) is 0 Å². The molecule has 1 saturated carbocycles. The SMILES string of the molecule is C[C@H]1[C@H](OC(=O)CCC(=O)O)O[C@@H]2OC3(C)CC[C@@]4(N)[C@H](C)CC[C@@H]1[C@@]24OO3. The van der Waals surface area contributed by atoms with Crippen molar-refractivity contribution in [3.8, 4) is 0 Å². The van der Waals surface area contributed by atoms with Crippen molar-refractivity contribution in [1.82, 2.24) is 0 Å². The predicted molar refractivity (Wildman–Crippen MR) is 93.2 cm³/mol. The summed E-state index contributed by atoms with van der Waals surface area (Å²) < 4.78 is 17.8.